The minimum absolute atomic E-state index is 0.0300. The molecule has 0 atom stereocenters. The summed E-state index contributed by atoms with van der Waals surface area (Å²) in [6, 6.07) is 22.3. The molecule has 0 saturated carbocycles. The molecule has 3 rings (SSSR count). The number of rotatable bonds is 4. The monoisotopic (exact) mass is 321 g/mol. The highest BCUT2D eigenvalue weighted by Crippen LogP contribution is 2.24. The molecule has 0 aliphatic carbocycles. The normalized spacial score (nSPS) is 10.5. The molecule has 0 heterocycles. The molecule has 23 heavy (non-hydrogen) atoms. The molecule has 0 saturated heterocycles. The van der Waals surface area contributed by atoms with E-state index in [4.69, 9.17) is 17.3 Å². The first-order chi connectivity index (χ1) is 11.1. The van der Waals surface area contributed by atoms with Gasteiger partial charge in [0.25, 0.3) is 0 Å². The SMILES string of the molecule is Nc1ccccc1Cc1ccc(Cl)cc1C(=O)c1ccccc1. The van der Waals surface area contributed by atoms with Gasteiger partial charge < -0.3 is 5.73 Å². The second-order valence-corrected chi connectivity index (χ2v) is 5.81. The van der Waals surface area contributed by atoms with Gasteiger partial charge in [0, 0.05) is 28.3 Å². The maximum Gasteiger partial charge on any atom is 0.193 e. The van der Waals surface area contributed by atoms with Crippen molar-refractivity contribution in [2.24, 2.45) is 0 Å². The quantitative estimate of drug-likeness (QED) is 0.557. The Bertz CT molecular complexity index is 843. The second-order valence-electron chi connectivity index (χ2n) is 5.37. The molecular formula is C20H16ClNO. The van der Waals surface area contributed by atoms with E-state index in [9.17, 15) is 4.79 Å². The van der Waals surface area contributed by atoms with Gasteiger partial charge in [-0.25, -0.2) is 0 Å². The average molecular weight is 322 g/mol. The zero-order valence-corrected chi connectivity index (χ0v) is 13.3. The van der Waals surface area contributed by atoms with Crippen LogP contribution in [-0.2, 0) is 6.42 Å². The number of carbonyl (C=O) groups excluding carboxylic acids is 1. The zero-order valence-electron chi connectivity index (χ0n) is 12.5. The van der Waals surface area contributed by atoms with Crippen LogP contribution >= 0.6 is 11.6 Å². The number of carbonyl (C=O) groups is 1. The van der Waals surface area contributed by atoms with Crippen LogP contribution in [0.15, 0.2) is 72.8 Å². The van der Waals surface area contributed by atoms with Gasteiger partial charge in [-0.3, -0.25) is 4.79 Å². The van der Waals surface area contributed by atoms with Gasteiger partial charge in [0.2, 0.25) is 0 Å². The molecule has 0 radical (unpaired) electrons. The number of halogens is 1. The predicted octanol–water partition coefficient (Wildman–Crippen LogP) is 4.74. The predicted molar refractivity (Wildman–Crippen MR) is 95.0 cm³/mol. The number of benzene rings is 3. The molecule has 0 spiro atoms. The van der Waals surface area contributed by atoms with Gasteiger partial charge >= 0.3 is 0 Å². The van der Waals surface area contributed by atoms with Crippen LogP contribution in [0.3, 0.4) is 0 Å². The molecule has 3 heteroatoms. The number of hydrogen-bond donors (Lipinski definition) is 1. The fraction of sp³-hybridized carbons (Fsp3) is 0.0500. The van der Waals surface area contributed by atoms with E-state index in [0.717, 1.165) is 16.8 Å². The summed E-state index contributed by atoms with van der Waals surface area (Å²) in [7, 11) is 0. The lowest BCUT2D eigenvalue weighted by Gasteiger charge is -2.11. The van der Waals surface area contributed by atoms with Crippen molar-refractivity contribution < 1.29 is 4.79 Å². The number of anilines is 1. The van der Waals surface area contributed by atoms with Gasteiger partial charge in [-0.1, -0.05) is 66.2 Å². The maximum absolute atomic E-state index is 12.8. The topological polar surface area (TPSA) is 43.1 Å². The highest BCUT2D eigenvalue weighted by molar-refractivity contribution is 6.31. The van der Waals surface area contributed by atoms with E-state index in [2.05, 4.69) is 0 Å². The molecule has 0 amide bonds. The van der Waals surface area contributed by atoms with E-state index in [1.165, 1.54) is 0 Å². The van der Waals surface area contributed by atoms with E-state index < -0.39 is 0 Å². The standard InChI is InChI=1S/C20H16ClNO/c21-17-11-10-15(12-16-8-4-5-9-19(16)22)18(13-17)20(23)14-6-2-1-3-7-14/h1-11,13H,12,22H2. The average Bonchev–Trinajstić information content (AvgIpc) is 2.58. The van der Waals surface area contributed by atoms with Crippen LogP contribution in [-0.4, -0.2) is 5.78 Å². The van der Waals surface area contributed by atoms with E-state index in [0.29, 0.717) is 22.6 Å². The molecule has 3 aromatic rings. The minimum atomic E-state index is -0.0300. The first-order valence-electron chi connectivity index (χ1n) is 7.36. The fourth-order valence-corrected chi connectivity index (χ4v) is 2.73. The molecule has 2 nitrogen and oxygen atoms in total. The van der Waals surface area contributed by atoms with Gasteiger partial charge in [-0.05, 0) is 29.3 Å². The van der Waals surface area contributed by atoms with Crippen molar-refractivity contribution in [1.82, 2.24) is 0 Å². The van der Waals surface area contributed by atoms with Crippen LogP contribution in [0.4, 0.5) is 5.69 Å². The molecule has 0 unspecified atom stereocenters. The third-order valence-corrected chi connectivity index (χ3v) is 4.02. The Kier molecular flexibility index (Phi) is 4.45. The van der Waals surface area contributed by atoms with Crippen molar-refractivity contribution in [2.45, 2.75) is 6.42 Å². The molecular weight excluding hydrogens is 306 g/mol. The van der Waals surface area contributed by atoms with Gasteiger partial charge in [-0.15, -0.1) is 0 Å². The van der Waals surface area contributed by atoms with Crippen molar-refractivity contribution in [3.8, 4) is 0 Å². The third kappa shape index (κ3) is 3.43. The Balaban J connectivity index is 2.02. The number of hydrogen-bond acceptors (Lipinski definition) is 2. The van der Waals surface area contributed by atoms with Crippen molar-refractivity contribution in [3.63, 3.8) is 0 Å². The molecule has 3 aromatic carbocycles. The van der Waals surface area contributed by atoms with Crippen LogP contribution in [0.2, 0.25) is 5.02 Å². The molecule has 2 N–H and O–H groups in total. The van der Waals surface area contributed by atoms with Crippen molar-refractivity contribution in [2.75, 3.05) is 5.73 Å². The number of nitrogens with two attached hydrogens (primary N) is 1. The molecule has 114 valence electrons. The molecule has 0 aromatic heterocycles. The van der Waals surface area contributed by atoms with Crippen molar-refractivity contribution >= 4 is 23.1 Å². The van der Waals surface area contributed by atoms with Crippen LogP contribution < -0.4 is 5.73 Å². The highest BCUT2D eigenvalue weighted by atomic mass is 35.5. The minimum Gasteiger partial charge on any atom is -0.398 e. The van der Waals surface area contributed by atoms with Crippen molar-refractivity contribution in [1.29, 1.82) is 0 Å². The first kappa shape index (κ1) is 15.3. The van der Waals surface area contributed by atoms with Crippen LogP contribution in [0.5, 0.6) is 0 Å². The summed E-state index contributed by atoms with van der Waals surface area (Å²) in [5, 5.41) is 0.550. The van der Waals surface area contributed by atoms with E-state index in [-0.39, 0.29) is 5.78 Å². The molecule has 0 aliphatic heterocycles. The third-order valence-electron chi connectivity index (χ3n) is 3.79. The maximum atomic E-state index is 12.8. The summed E-state index contributed by atoms with van der Waals surface area (Å²) < 4.78 is 0. The Morgan fingerprint density at radius 1 is 0.870 bits per heavy atom. The molecule has 0 bridgehead atoms. The zero-order chi connectivity index (χ0) is 16.2. The van der Waals surface area contributed by atoms with Crippen LogP contribution in [0.25, 0.3) is 0 Å². The van der Waals surface area contributed by atoms with Crippen molar-refractivity contribution in [3.05, 3.63) is 100 Å². The summed E-state index contributed by atoms with van der Waals surface area (Å²) in [5.74, 6) is -0.0300. The number of para-hydroxylation sites is 1. The largest absolute Gasteiger partial charge is 0.398 e. The van der Waals surface area contributed by atoms with Gasteiger partial charge in [0.05, 0.1) is 0 Å². The lowest BCUT2D eigenvalue weighted by atomic mass is 9.94. The van der Waals surface area contributed by atoms with Gasteiger partial charge in [-0.2, -0.15) is 0 Å². The summed E-state index contributed by atoms with van der Waals surface area (Å²) in [6.07, 6.45) is 0.595. The summed E-state index contributed by atoms with van der Waals surface area (Å²) in [6.45, 7) is 0. The Hall–Kier alpha value is -2.58. The summed E-state index contributed by atoms with van der Waals surface area (Å²) in [5.41, 5.74) is 9.93. The van der Waals surface area contributed by atoms with Gasteiger partial charge in [0.1, 0.15) is 0 Å². The van der Waals surface area contributed by atoms with E-state index in [1.807, 2.05) is 60.7 Å². The second kappa shape index (κ2) is 6.67. The lowest BCUT2D eigenvalue weighted by molar-refractivity contribution is 0.103. The van der Waals surface area contributed by atoms with Crippen LogP contribution in [0.1, 0.15) is 27.0 Å². The fourth-order valence-electron chi connectivity index (χ4n) is 2.56. The Morgan fingerprint density at radius 3 is 2.30 bits per heavy atom. The summed E-state index contributed by atoms with van der Waals surface area (Å²) in [4.78, 5) is 12.8. The molecule has 0 aliphatic rings. The Morgan fingerprint density at radius 2 is 1.57 bits per heavy atom. The smallest absolute Gasteiger partial charge is 0.193 e. The first-order valence-corrected chi connectivity index (χ1v) is 7.74. The highest BCUT2D eigenvalue weighted by Gasteiger charge is 2.15. The molecule has 0 fully saturated rings. The number of nitrogen functional groups attached to an aromatic ring is 1. The van der Waals surface area contributed by atoms with E-state index >= 15 is 0 Å². The lowest BCUT2D eigenvalue weighted by Crippen LogP contribution is -2.07. The van der Waals surface area contributed by atoms with Crippen LogP contribution in [0, 0.1) is 0 Å². The van der Waals surface area contributed by atoms with E-state index in [1.54, 1.807) is 12.1 Å². The van der Waals surface area contributed by atoms with Gasteiger partial charge in [0.15, 0.2) is 5.78 Å². The number of ketones is 1. The summed E-state index contributed by atoms with van der Waals surface area (Å²) >= 11 is 6.11. The Labute approximate surface area is 140 Å².